The van der Waals surface area contributed by atoms with Gasteiger partial charge in [-0.1, -0.05) is 29.3 Å². The molecule has 0 fully saturated rings. The number of amides is 1. The summed E-state index contributed by atoms with van der Waals surface area (Å²) in [5.74, 6) is -0.180. The van der Waals surface area contributed by atoms with Crippen LogP contribution in [0.4, 0.5) is 0 Å². The monoisotopic (exact) mass is 377 g/mol. The highest BCUT2D eigenvalue weighted by Crippen LogP contribution is 2.27. The minimum atomic E-state index is -0.180. The third-order valence-electron chi connectivity index (χ3n) is 2.54. The summed E-state index contributed by atoms with van der Waals surface area (Å²) in [6.07, 6.45) is 0. The molecule has 19 heavy (non-hydrogen) atoms. The molecule has 0 atom stereocenters. The van der Waals surface area contributed by atoms with E-state index >= 15 is 0 Å². The molecule has 0 saturated heterocycles. The third-order valence-corrected chi connectivity index (χ3v) is 4.85. The van der Waals surface area contributed by atoms with Gasteiger partial charge < -0.3 is 4.90 Å². The Kier molecular flexibility index (Phi) is 4.90. The van der Waals surface area contributed by atoms with Gasteiger partial charge in [0.05, 0.1) is 22.2 Å². The Morgan fingerprint density at radius 1 is 1.37 bits per heavy atom. The number of halogens is 3. The van der Waals surface area contributed by atoms with E-state index in [1.165, 1.54) is 0 Å². The molecule has 0 saturated carbocycles. The summed E-state index contributed by atoms with van der Waals surface area (Å²) >= 11 is 17.1. The van der Waals surface area contributed by atoms with Gasteiger partial charge in [-0.3, -0.25) is 4.79 Å². The predicted octanol–water partition coefficient (Wildman–Crippen LogP) is 5.09. The molecule has 2 nitrogen and oxygen atoms in total. The van der Waals surface area contributed by atoms with Crippen LogP contribution in [0.1, 0.15) is 15.2 Å². The van der Waals surface area contributed by atoms with E-state index in [1.54, 1.807) is 41.5 Å². The highest BCUT2D eigenvalue weighted by atomic mass is 79.9. The van der Waals surface area contributed by atoms with Crippen LogP contribution in [-0.4, -0.2) is 17.9 Å². The van der Waals surface area contributed by atoms with Gasteiger partial charge in [-0.15, -0.1) is 11.3 Å². The quantitative estimate of drug-likeness (QED) is 0.728. The minimum Gasteiger partial charge on any atom is -0.336 e. The lowest BCUT2D eigenvalue weighted by Crippen LogP contribution is -2.26. The molecule has 2 aromatic rings. The lowest BCUT2D eigenvalue weighted by atomic mass is 10.2. The Morgan fingerprint density at radius 3 is 2.53 bits per heavy atom. The smallest absolute Gasteiger partial charge is 0.256 e. The molecule has 100 valence electrons. The molecule has 0 spiro atoms. The summed E-state index contributed by atoms with van der Waals surface area (Å²) < 4.78 is 1.02. The molecule has 1 amide bonds. The van der Waals surface area contributed by atoms with Crippen LogP contribution in [0.15, 0.2) is 34.1 Å². The van der Waals surface area contributed by atoms with Crippen molar-refractivity contribution in [1.82, 2.24) is 4.90 Å². The van der Waals surface area contributed by atoms with Crippen molar-refractivity contribution in [1.29, 1.82) is 0 Å². The lowest BCUT2D eigenvalue weighted by Gasteiger charge is -2.17. The van der Waals surface area contributed by atoms with Gasteiger partial charge in [-0.25, -0.2) is 0 Å². The van der Waals surface area contributed by atoms with E-state index in [1.807, 2.05) is 11.4 Å². The molecule has 1 aromatic heterocycles. The second kappa shape index (κ2) is 6.27. The van der Waals surface area contributed by atoms with Crippen LogP contribution in [0.5, 0.6) is 0 Å². The molecular formula is C13H10BrCl2NOS. The number of carbonyl (C=O) groups excluding carboxylic acids is 1. The Balaban J connectivity index is 2.19. The number of nitrogens with zero attached hydrogens (tertiary/aromatic N) is 1. The number of hydrogen-bond acceptors (Lipinski definition) is 2. The number of benzene rings is 1. The Bertz CT molecular complexity index is 594. The Morgan fingerprint density at radius 2 is 2.00 bits per heavy atom. The van der Waals surface area contributed by atoms with Crippen molar-refractivity contribution in [3.8, 4) is 0 Å². The van der Waals surface area contributed by atoms with Crippen LogP contribution in [-0.2, 0) is 6.54 Å². The molecule has 0 aliphatic carbocycles. The highest BCUT2D eigenvalue weighted by Gasteiger charge is 2.19. The fourth-order valence-corrected chi connectivity index (χ4v) is 3.70. The van der Waals surface area contributed by atoms with Crippen molar-refractivity contribution in [2.24, 2.45) is 0 Å². The maximum atomic E-state index is 12.3. The normalized spacial score (nSPS) is 10.5. The van der Waals surface area contributed by atoms with Gasteiger partial charge in [0.25, 0.3) is 5.91 Å². The largest absolute Gasteiger partial charge is 0.336 e. The molecule has 0 radical (unpaired) electrons. The van der Waals surface area contributed by atoms with Crippen molar-refractivity contribution in [2.75, 3.05) is 7.05 Å². The summed E-state index contributed by atoms with van der Waals surface area (Å²) in [5, 5.41) is 2.73. The SMILES string of the molecule is CN(Cc1cc(Br)cs1)C(=O)c1c(Cl)cccc1Cl. The summed E-state index contributed by atoms with van der Waals surface area (Å²) in [4.78, 5) is 15.0. The van der Waals surface area contributed by atoms with Gasteiger partial charge in [0.1, 0.15) is 0 Å². The van der Waals surface area contributed by atoms with Crippen LogP contribution < -0.4 is 0 Å². The Labute approximate surface area is 134 Å². The van der Waals surface area contributed by atoms with Crippen LogP contribution >= 0.6 is 50.5 Å². The van der Waals surface area contributed by atoms with Gasteiger partial charge in [-0.05, 0) is 34.1 Å². The van der Waals surface area contributed by atoms with E-state index in [2.05, 4.69) is 15.9 Å². The van der Waals surface area contributed by atoms with E-state index in [0.717, 1.165) is 9.35 Å². The van der Waals surface area contributed by atoms with E-state index in [-0.39, 0.29) is 5.91 Å². The number of carbonyl (C=O) groups is 1. The first-order valence-corrected chi connectivity index (χ1v) is 7.84. The fourth-order valence-electron chi connectivity index (χ4n) is 1.64. The fraction of sp³-hybridized carbons (Fsp3) is 0.154. The zero-order chi connectivity index (χ0) is 14.0. The van der Waals surface area contributed by atoms with Gasteiger partial charge in [0.2, 0.25) is 0 Å². The summed E-state index contributed by atoms with van der Waals surface area (Å²) in [7, 11) is 1.73. The number of thiophene rings is 1. The highest BCUT2D eigenvalue weighted by molar-refractivity contribution is 9.10. The zero-order valence-electron chi connectivity index (χ0n) is 9.99. The molecule has 0 aliphatic rings. The number of rotatable bonds is 3. The summed E-state index contributed by atoms with van der Waals surface area (Å²) in [6, 6.07) is 7.03. The zero-order valence-corrected chi connectivity index (χ0v) is 13.9. The second-order valence-corrected chi connectivity index (χ2v) is 6.71. The third kappa shape index (κ3) is 3.51. The van der Waals surface area contributed by atoms with Crippen molar-refractivity contribution in [2.45, 2.75) is 6.54 Å². The number of hydrogen-bond donors (Lipinski definition) is 0. The maximum absolute atomic E-state index is 12.3. The van der Waals surface area contributed by atoms with E-state index in [0.29, 0.717) is 22.2 Å². The molecule has 1 heterocycles. The Hall–Kier alpha value is -0.550. The van der Waals surface area contributed by atoms with Crippen LogP contribution in [0.3, 0.4) is 0 Å². The minimum absolute atomic E-state index is 0.180. The van der Waals surface area contributed by atoms with Crippen molar-refractivity contribution < 1.29 is 4.79 Å². The van der Waals surface area contributed by atoms with Gasteiger partial charge >= 0.3 is 0 Å². The van der Waals surface area contributed by atoms with Gasteiger partial charge in [0.15, 0.2) is 0 Å². The molecule has 0 N–H and O–H groups in total. The molecule has 0 unspecified atom stereocenters. The molecular weight excluding hydrogens is 369 g/mol. The second-order valence-electron chi connectivity index (χ2n) is 3.99. The van der Waals surface area contributed by atoms with Crippen LogP contribution in [0, 0.1) is 0 Å². The van der Waals surface area contributed by atoms with E-state index < -0.39 is 0 Å². The van der Waals surface area contributed by atoms with Gasteiger partial charge in [0, 0.05) is 21.8 Å². The average Bonchev–Trinajstić information content (AvgIpc) is 2.74. The first kappa shape index (κ1) is 14.9. The summed E-state index contributed by atoms with van der Waals surface area (Å²) in [5.41, 5.74) is 0.351. The average molecular weight is 379 g/mol. The first-order valence-electron chi connectivity index (χ1n) is 5.41. The lowest BCUT2D eigenvalue weighted by molar-refractivity contribution is 0.0787. The predicted molar refractivity (Wildman–Crippen MR) is 84.3 cm³/mol. The molecule has 2 rings (SSSR count). The summed E-state index contributed by atoms with van der Waals surface area (Å²) in [6.45, 7) is 0.524. The van der Waals surface area contributed by atoms with Crippen molar-refractivity contribution in [3.63, 3.8) is 0 Å². The standard InChI is InChI=1S/C13H10BrCl2NOS/c1-17(6-9-5-8(14)7-19-9)13(18)12-10(15)3-2-4-11(12)16/h2-5,7H,6H2,1H3. The maximum Gasteiger partial charge on any atom is 0.256 e. The molecule has 1 aromatic carbocycles. The molecule has 6 heteroatoms. The molecule has 0 bridgehead atoms. The van der Waals surface area contributed by atoms with Gasteiger partial charge in [-0.2, -0.15) is 0 Å². The van der Waals surface area contributed by atoms with Crippen LogP contribution in [0.2, 0.25) is 10.0 Å². The van der Waals surface area contributed by atoms with Crippen molar-refractivity contribution in [3.05, 3.63) is 54.6 Å². The van der Waals surface area contributed by atoms with E-state index in [4.69, 9.17) is 23.2 Å². The molecule has 0 aliphatic heterocycles. The van der Waals surface area contributed by atoms with E-state index in [9.17, 15) is 4.79 Å². The van der Waals surface area contributed by atoms with Crippen molar-refractivity contribution >= 4 is 56.4 Å². The van der Waals surface area contributed by atoms with Crippen LogP contribution in [0.25, 0.3) is 0 Å². The topological polar surface area (TPSA) is 20.3 Å². The first-order chi connectivity index (χ1) is 8.99.